The zero-order valence-electron chi connectivity index (χ0n) is 14.2. The minimum atomic E-state index is 0.0467. The fourth-order valence-corrected chi connectivity index (χ4v) is 3.22. The van der Waals surface area contributed by atoms with Gasteiger partial charge in [-0.3, -0.25) is 4.98 Å². The van der Waals surface area contributed by atoms with Gasteiger partial charge in [-0.15, -0.1) is 10.2 Å². The van der Waals surface area contributed by atoms with E-state index in [9.17, 15) is 0 Å². The van der Waals surface area contributed by atoms with Crippen LogP contribution in [-0.4, -0.2) is 34.4 Å². The van der Waals surface area contributed by atoms with Gasteiger partial charge in [0, 0.05) is 39.2 Å². The molecule has 128 valence electrons. The van der Waals surface area contributed by atoms with Crippen LogP contribution in [0.15, 0.2) is 42.7 Å². The van der Waals surface area contributed by atoms with E-state index < -0.39 is 0 Å². The predicted molar refractivity (Wildman–Crippen MR) is 99.8 cm³/mol. The summed E-state index contributed by atoms with van der Waals surface area (Å²) >= 11 is 6.00. The SMILES string of the molecule is CC1(C)COCC1Nc1nnc(-c2ccc(Cl)cc2)c2ccncc12. The highest BCUT2D eigenvalue weighted by Gasteiger charge is 2.36. The molecule has 5 nitrogen and oxygen atoms in total. The number of pyridine rings is 1. The molecule has 1 N–H and O–H groups in total. The van der Waals surface area contributed by atoms with Crippen molar-refractivity contribution in [2.45, 2.75) is 19.9 Å². The first-order valence-corrected chi connectivity index (χ1v) is 8.63. The van der Waals surface area contributed by atoms with Crippen LogP contribution in [-0.2, 0) is 4.74 Å². The average molecular weight is 355 g/mol. The van der Waals surface area contributed by atoms with E-state index in [-0.39, 0.29) is 11.5 Å². The molecule has 1 aliphatic rings. The van der Waals surface area contributed by atoms with Gasteiger partial charge in [0.05, 0.1) is 19.3 Å². The maximum Gasteiger partial charge on any atom is 0.158 e. The monoisotopic (exact) mass is 354 g/mol. The lowest BCUT2D eigenvalue weighted by Gasteiger charge is -2.26. The number of nitrogens with zero attached hydrogens (tertiary/aromatic N) is 3. The van der Waals surface area contributed by atoms with Gasteiger partial charge < -0.3 is 10.1 Å². The van der Waals surface area contributed by atoms with E-state index in [4.69, 9.17) is 16.3 Å². The van der Waals surface area contributed by atoms with E-state index in [1.165, 1.54) is 0 Å². The molecule has 1 atom stereocenters. The molecular weight excluding hydrogens is 336 g/mol. The first kappa shape index (κ1) is 16.2. The molecule has 3 aromatic rings. The van der Waals surface area contributed by atoms with Crippen molar-refractivity contribution < 1.29 is 4.74 Å². The zero-order valence-corrected chi connectivity index (χ0v) is 14.9. The van der Waals surface area contributed by atoms with Gasteiger partial charge in [-0.2, -0.15) is 0 Å². The van der Waals surface area contributed by atoms with Gasteiger partial charge in [0.25, 0.3) is 0 Å². The van der Waals surface area contributed by atoms with Gasteiger partial charge in [0.1, 0.15) is 5.69 Å². The van der Waals surface area contributed by atoms with Crippen LogP contribution in [0, 0.1) is 5.41 Å². The lowest BCUT2D eigenvalue weighted by molar-refractivity contribution is 0.167. The minimum Gasteiger partial charge on any atom is -0.379 e. The Morgan fingerprint density at radius 1 is 1.12 bits per heavy atom. The van der Waals surface area contributed by atoms with Crippen LogP contribution in [0.5, 0.6) is 0 Å². The highest BCUT2D eigenvalue weighted by atomic mass is 35.5. The molecule has 1 unspecified atom stereocenters. The van der Waals surface area contributed by atoms with E-state index >= 15 is 0 Å². The fourth-order valence-electron chi connectivity index (χ4n) is 3.09. The number of anilines is 1. The number of hydrogen-bond donors (Lipinski definition) is 1. The summed E-state index contributed by atoms with van der Waals surface area (Å²) in [4.78, 5) is 4.27. The van der Waals surface area contributed by atoms with Crippen molar-refractivity contribution in [2.24, 2.45) is 5.41 Å². The molecule has 0 saturated carbocycles. The molecule has 0 aliphatic carbocycles. The van der Waals surface area contributed by atoms with E-state index in [1.54, 1.807) is 6.20 Å². The van der Waals surface area contributed by atoms with Crippen LogP contribution in [0.25, 0.3) is 22.0 Å². The molecule has 0 amide bonds. The first-order chi connectivity index (χ1) is 12.0. The number of nitrogens with one attached hydrogen (secondary N) is 1. The minimum absolute atomic E-state index is 0.0467. The third-order valence-electron chi connectivity index (χ3n) is 4.71. The summed E-state index contributed by atoms with van der Waals surface area (Å²) < 4.78 is 5.62. The average Bonchev–Trinajstić information content (AvgIpc) is 2.94. The molecule has 0 spiro atoms. The van der Waals surface area contributed by atoms with Crippen molar-refractivity contribution in [1.29, 1.82) is 0 Å². The number of hydrogen-bond acceptors (Lipinski definition) is 5. The summed E-state index contributed by atoms with van der Waals surface area (Å²) in [5, 5.41) is 15.1. The van der Waals surface area contributed by atoms with Crippen LogP contribution in [0.1, 0.15) is 13.8 Å². The molecule has 0 bridgehead atoms. The summed E-state index contributed by atoms with van der Waals surface area (Å²) in [5.74, 6) is 0.740. The second kappa shape index (κ2) is 6.24. The van der Waals surface area contributed by atoms with Crippen molar-refractivity contribution in [2.75, 3.05) is 18.5 Å². The van der Waals surface area contributed by atoms with Crippen molar-refractivity contribution in [3.8, 4) is 11.3 Å². The quantitative estimate of drug-likeness (QED) is 0.764. The molecule has 2 aromatic heterocycles. The summed E-state index contributed by atoms with van der Waals surface area (Å²) in [5.41, 5.74) is 1.84. The van der Waals surface area contributed by atoms with Crippen LogP contribution < -0.4 is 5.32 Å². The Morgan fingerprint density at radius 3 is 2.64 bits per heavy atom. The topological polar surface area (TPSA) is 59.9 Å². The van der Waals surface area contributed by atoms with Crippen LogP contribution in [0.3, 0.4) is 0 Å². The second-order valence-electron chi connectivity index (χ2n) is 7.03. The van der Waals surface area contributed by atoms with Crippen LogP contribution in [0.2, 0.25) is 5.02 Å². The number of fused-ring (bicyclic) bond motifs is 1. The molecular formula is C19H19ClN4O. The fraction of sp³-hybridized carbons (Fsp3) is 0.316. The Bertz CT molecular complexity index is 911. The number of benzene rings is 1. The number of rotatable bonds is 3. The molecule has 1 fully saturated rings. The van der Waals surface area contributed by atoms with E-state index in [2.05, 4.69) is 34.3 Å². The summed E-state index contributed by atoms with van der Waals surface area (Å²) in [6.07, 6.45) is 3.60. The maximum absolute atomic E-state index is 6.00. The normalized spacial score (nSPS) is 19.2. The van der Waals surface area contributed by atoms with E-state index in [0.29, 0.717) is 11.6 Å². The largest absolute Gasteiger partial charge is 0.379 e. The van der Waals surface area contributed by atoms with E-state index in [0.717, 1.165) is 34.5 Å². The van der Waals surface area contributed by atoms with Gasteiger partial charge in [0.15, 0.2) is 5.82 Å². The molecule has 1 aromatic carbocycles. The lowest BCUT2D eigenvalue weighted by atomic mass is 9.88. The zero-order chi connectivity index (χ0) is 17.4. The molecule has 1 aliphatic heterocycles. The summed E-state index contributed by atoms with van der Waals surface area (Å²) in [6.45, 7) is 5.77. The Balaban J connectivity index is 1.78. The number of aromatic nitrogens is 3. The standard InChI is InChI=1S/C19H19ClN4O/c1-19(2)11-25-10-16(19)22-18-15-9-21-8-7-14(15)17(23-24-18)12-3-5-13(20)6-4-12/h3-9,16H,10-11H2,1-2H3,(H,22,24). The molecule has 3 heterocycles. The number of ether oxygens (including phenoxy) is 1. The third-order valence-corrected chi connectivity index (χ3v) is 4.96. The highest BCUT2D eigenvalue weighted by molar-refractivity contribution is 6.30. The smallest absolute Gasteiger partial charge is 0.158 e. The van der Waals surface area contributed by atoms with Crippen molar-refractivity contribution in [3.05, 3.63) is 47.7 Å². The second-order valence-corrected chi connectivity index (χ2v) is 7.46. The van der Waals surface area contributed by atoms with Crippen molar-refractivity contribution in [1.82, 2.24) is 15.2 Å². The molecule has 0 radical (unpaired) electrons. The Hall–Kier alpha value is -2.24. The predicted octanol–water partition coefficient (Wildman–Crippen LogP) is 4.18. The summed E-state index contributed by atoms with van der Waals surface area (Å²) in [7, 11) is 0. The van der Waals surface area contributed by atoms with Gasteiger partial charge in [-0.05, 0) is 18.2 Å². The highest BCUT2D eigenvalue weighted by Crippen LogP contribution is 2.33. The number of halogens is 1. The van der Waals surface area contributed by atoms with Crippen molar-refractivity contribution in [3.63, 3.8) is 0 Å². The summed E-state index contributed by atoms with van der Waals surface area (Å²) in [6, 6.07) is 9.77. The van der Waals surface area contributed by atoms with Crippen molar-refractivity contribution >= 4 is 28.2 Å². The lowest BCUT2D eigenvalue weighted by Crippen LogP contribution is -2.35. The first-order valence-electron chi connectivity index (χ1n) is 8.25. The Labute approximate surface area is 151 Å². The van der Waals surface area contributed by atoms with Crippen LogP contribution >= 0.6 is 11.6 Å². The Morgan fingerprint density at radius 2 is 1.92 bits per heavy atom. The van der Waals surface area contributed by atoms with Crippen LogP contribution in [0.4, 0.5) is 5.82 Å². The molecule has 1 saturated heterocycles. The van der Waals surface area contributed by atoms with Gasteiger partial charge in [0.2, 0.25) is 0 Å². The third kappa shape index (κ3) is 3.05. The van der Waals surface area contributed by atoms with E-state index in [1.807, 2.05) is 36.5 Å². The van der Waals surface area contributed by atoms with Gasteiger partial charge >= 0.3 is 0 Å². The maximum atomic E-state index is 6.00. The molecule has 25 heavy (non-hydrogen) atoms. The Kier molecular flexibility index (Phi) is 4.06. The van der Waals surface area contributed by atoms with Gasteiger partial charge in [-0.1, -0.05) is 37.6 Å². The van der Waals surface area contributed by atoms with Gasteiger partial charge in [-0.25, -0.2) is 0 Å². The molecule has 6 heteroatoms. The molecule has 4 rings (SSSR count).